The molecule has 0 spiro atoms. The van der Waals surface area contributed by atoms with Gasteiger partial charge >= 0.3 is 0 Å². The predicted molar refractivity (Wildman–Crippen MR) is 60.5 cm³/mol. The molecule has 0 aromatic rings. The van der Waals surface area contributed by atoms with Crippen LogP contribution in [0.15, 0.2) is 0 Å². The Morgan fingerprint density at radius 3 is 2.50 bits per heavy atom. The third kappa shape index (κ3) is 4.20. The minimum absolute atomic E-state index is 1.25. The van der Waals surface area contributed by atoms with E-state index in [0.29, 0.717) is 0 Å². The molecule has 0 rings (SSSR count). The fourth-order valence-electron chi connectivity index (χ4n) is 0.675. The topological polar surface area (TPSA) is 9.23 Å². The minimum atomic E-state index is -1.31. The molecule has 0 radical (unpaired) electrons. The van der Waals surface area contributed by atoms with Gasteiger partial charge < -0.3 is 4.43 Å². The molecule has 1 nitrogen and oxygen atoms in total. The van der Waals surface area contributed by atoms with Crippen molar-refractivity contribution in [3.8, 4) is 0 Å². The summed E-state index contributed by atoms with van der Waals surface area (Å²) in [5.74, 6) is 0. The van der Waals surface area contributed by atoms with E-state index in [1.807, 2.05) is 18.3 Å². The van der Waals surface area contributed by atoms with Crippen molar-refractivity contribution in [2.75, 3.05) is 17.8 Å². The summed E-state index contributed by atoms with van der Waals surface area (Å²) in [6.07, 6.45) is 3.46. The van der Waals surface area contributed by atoms with Crippen molar-refractivity contribution in [3.05, 3.63) is 0 Å². The lowest BCUT2D eigenvalue weighted by Gasteiger charge is -2.21. The molecule has 4 heteroatoms. The minimum Gasteiger partial charge on any atom is -0.410 e. The normalized spacial score (nSPS) is 16.8. The first-order valence-electron chi connectivity index (χ1n) is 3.35. The monoisotopic (exact) mass is 290 g/mol. The van der Waals surface area contributed by atoms with Gasteiger partial charge in [-0.05, 0) is 29.7 Å². The van der Waals surface area contributed by atoms with Crippen molar-refractivity contribution >= 4 is 41.3 Å². The summed E-state index contributed by atoms with van der Waals surface area (Å²) < 4.78 is 6.74. The molecular formula is C6H15IOSSi. The second kappa shape index (κ2) is 5.85. The van der Waals surface area contributed by atoms with Crippen LogP contribution in [0.25, 0.3) is 0 Å². The molecule has 0 aliphatic heterocycles. The summed E-state index contributed by atoms with van der Waals surface area (Å²) in [6.45, 7) is 2.28. The van der Waals surface area contributed by atoms with E-state index in [4.69, 9.17) is 4.43 Å². The molecule has 0 fully saturated rings. The first kappa shape index (κ1) is 11.3. The third-order valence-electron chi connectivity index (χ3n) is 1.63. The molecule has 0 amide bonds. The number of hydrogen-bond donors (Lipinski definition) is 0. The Morgan fingerprint density at radius 2 is 2.20 bits per heavy atom. The Bertz CT molecular complexity index is 87.8. The highest BCUT2D eigenvalue weighted by Gasteiger charge is 2.25. The Morgan fingerprint density at radius 1 is 1.60 bits per heavy atom. The Kier molecular flexibility index (Phi) is 6.59. The summed E-state index contributed by atoms with van der Waals surface area (Å²) in [7, 11) is 0.537. The molecule has 1 unspecified atom stereocenters. The molecular weight excluding hydrogens is 275 g/mol. The lowest BCUT2D eigenvalue weighted by molar-refractivity contribution is 0.417. The lowest BCUT2D eigenvalue weighted by atomic mass is 10.6. The summed E-state index contributed by atoms with van der Waals surface area (Å²) in [4.78, 5) is 0. The van der Waals surface area contributed by atoms with E-state index in [-0.39, 0.29) is 0 Å². The van der Waals surface area contributed by atoms with E-state index in [9.17, 15) is 0 Å². The SMILES string of the molecule is CO[Si](C)(CCCI)SC. The summed E-state index contributed by atoms with van der Waals surface area (Å²) in [6, 6.07) is 1.29. The van der Waals surface area contributed by atoms with Gasteiger partial charge in [-0.15, -0.1) is 0 Å². The van der Waals surface area contributed by atoms with Crippen molar-refractivity contribution in [2.24, 2.45) is 0 Å². The van der Waals surface area contributed by atoms with Crippen LogP contribution >= 0.6 is 33.8 Å². The molecule has 0 aliphatic carbocycles. The second-order valence-corrected chi connectivity index (χ2v) is 10.8. The Hall–Kier alpha value is 1.26. The lowest BCUT2D eigenvalue weighted by Crippen LogP contribution is -2.28. The molecule has 62 valence electrons. The van der Waals surface area contributed by atoms with E-state index < -0.39 is 7.47 Å². The zero-order chi connectivity index (χ0) is 8.04. The van der Waals surface area contributed by atoms with Gasteiger partial charge in [-0.3, -0.25) is 0 Å². The van der Waals surface area contributed by atoms with Crippen LogP contribution < -0.4 is 0 Å². The van der Waals surface area contributed by atoms with Gasteiger partial charge in [0.05, 0.1) is 0 Å². The zero-order valence-corrected chi connectivity index (χ0v) is 10.8. The van der Waals surface area contributed by atoms with Gasteiger partial charge in [-0.1, -0.05) is 22.6 Å². The van der Waals surface area contributed by atoms with Crippen molar-refractivity contribution in [1.29, 1.82) is 0 Å². The Labute approximate surface area is 82.2 Å². The Balaban J connectivity index is 3.58. The van der Waals surface area contributed by atoms with Crippen LogP contribution in [0, 0.1) is 0 Å². The van der Waals surface area contributed by atoms with Gasteiger partial charge in [0.2, 0.25) is 7.47 Å². The number of halogens is 1. The average molecular weight is 290 g/mol. The van der Waals surface area contributed by atoms with Gasteiger partial charge in [0.25, 0.3) is 0 Å². The van der Waals surface area contributed by atoms with E-state index in [1.54, 1.807) is 0 Å². The fourth-order valence-corrected chi connectivity index (χ4v) is 4.72. The van der Waals surface area contributed by atoms with E-state index in [2.05, 4.69) is 35.4 Å². The summed E-state index contributed by atoms with van der Waals surface area (Å²) in [5.41, 5.74) is 0. The largest absolute Gasteiger partial charge is 0.410 e. The molecule has 0 bridgehead atoms. The molecule has 0 saturated carbocycles. The third-order valence-corrected chi connectivity index (χ3v) is 9.08. The molecule has 0 aliphatic rings. The number of rotatable bonds is 5. The van der Waals surface area contributed by atoms with Crippen LogP contribution in [-0.2, 0) is 4.43 Å². The molecule has 0 N–H and O–H groups in total. The molecule has 1 atom stereocenters. The molecule has 0 saturated heterocycles. The van der Waals surface area contributed by atoms with Crippen molar-refractivity contribution in [1.82, 2.24) is 0 Å². The maximum Gasteiger partial charge on any atom is 0.250 e. The maximum atomic E-state index is 5.49. The second-order valence-electron chi connectivity index (χ2n) is 2.33. The number of hydrogen-bond acceptors (Lipinski definition) is 2. The van der Waals surface area contributed by atoms with Crippen molar-refractivity contribution in [3.63, 3.8) is 0 Å². The van der Waals surface area contributed by atoms with Crippen LogP contribution in [0.2, 0.25) is 12.6 Å². The number of alkyl halides is 1. The summed E-state index contributed by atoms with van der Waals surface area (Å²) >= 11 is 4.34. The van der Waals surface area contributed by atoms with E-state index >= 15 is 0 Å². The zero-order valence-electron chi connectivity index (χ0n) is 6.82. The van der Waals surface area contributed by atoms with Gasteiger partial charge in [0.1, 0.15) is 0 Å². The van der Waals surface area contributed by atoms with Gasteiger partial charge in [0.15, 0.2) is 0 Å². The van der Waals surface area contributed by atoms with Crippen LogP contribution in [0.4, 0.5) is 0 Å². The molecule has 0 aromatic carbocycles. The van der Waals surface area contributed by atoms with Crippen LogP contribution in [0.3, 0.4) is 0 Å². The first-order chi connectivity index (χ1) is 4.68. The fraction of sp³-hybridized carbons (Fsp3) is 1.00. The van der Waals surface area contributed by atoms with Gasteiger partial charge in [-0.2, -0.15) is 11.2 Å². The van der Waals surface area contributed by atoms with Crippen molar-refractivity contribution < 1.29 is 4.43 Å². The quantitative estimate of drug-likeness (QED) is 0.437. The van der Waals surface area contributed by atoms with Gasteiger partial charge in [0, 0.05) is 7.11 Å². The smallest absolute Gasteiger partial charge is 0.250 e. The summed E-state index contributed by atoms with van der Waals surface area (Å²) in [5, 5.41) is 0. The average Bonchev–Trinajstić information content (AvgIpc) is 2.00. The van der Waals surface area contributed by atoms with Crippen LogP contribution in [0.5, 0.6) is 0 Å². The van der Waals surface area contributed by atoms with Crippen molar-refractivity contribution in [2.45, 2.75) is 19.0 Å². The van der Waals surface area contributed by atoms with E-state index in [1.165, 1.54) is 16.9 Å². The highest BCUT2D eigenvalue weighted by Crippen LogP contribution is 2.24. The van der Waals surface area contributed by atoms with E-state index in [0.717, 1.165) is 0 Å². The predicted octanol–water partition coefficient (Wildman–Crippen LogP) is 2.89. The highest BCUT2D eigenvalue weighted by atomic mass is 127. The van der Waals surface area contributed by atoms with Crippen LogP contribution in [-0.4, -0.2) is 25.3 Å². The highest BCUT2D eigenvalue weighted by molar-refractivity contribution is 14.1. The van der Waals surface area contributed by atoms with Crippen LogP contribution in [0.1, 0.15) is 6.42 Å². The van der Waals surface area contributed by atoms with Gasteiger partial charge in [-0.25, -0.2) is 0 Å². The first-order valence-corrected chi connectivity index (χ1v) is 9.44. The standard InChI is InChI=1S/C6H15IOSSi/c1-8-10(3,9-2)6-4-5-7/h4-6H2,1-3H3. The molecule has 10 heavy (non-hydrogen) atoms. The molecule has 0 heterocycles. The molecule has 0 aromatic heterocycles. The maximum absolute atomic E-state index is 5.49.